The molecule has 1 rings (SSSR count). The summed E-state index contributed by atoms with van der Waals surface area (Å²) in [6.07, 6.45) is 0.945. The molecule has 1 aromatic rings. The second kappa shape index (κ2) is 7.46. The Hall–Kier alpha value is -0.970. The van der Waals surface area contributed by atoms with Crippen molar-refractivity contribution in [3.05, 3.63) is 28.2 Å². The van der Waals surface area contributed by atoms with Crippen LogP contribution in [0, 0.1) is 0 Å². The van der Waals surface area contributed by atoms with Crippen LogP contribution in [0.3, 0.4) is 0 Å². The minimum absolute atomic E-state index is 0.0942. The molecule has 0 heterocycles. The van der Waals surface area contributed by atoms with Gasteiger partial charge in [-0.3, -0.25) is 9.63 Å². The Labute approximate surface area is 116 Å². The van der Waals surface area contributed by atoms with Crippen molar-refractivity contribution in [3.8, 4) is 5.75 Å². The van der Waals surface area contributed by atoms with Gasteiger partial charge >= 0.3 is 0 Å². The van der Waals surface area contributed by atoms with Crippen LogP contribution in [0.1, 0.15) is 12.8 Å². The average molecular weight is 292 g/mol. The third-order valence-corrected chi connectivity index (χ3v) is 2.84. The topological polar surface area (TPSA) is 38.8 Å². The summed E-state index contributed by atoms with van der Waals surface area (Å²) < 4.78 is 5.45. The summed E-state index contributed by atoms with van der Waals surface area (Å²) in [6.45, 7) is 0.407. The Kier molecular flexibility index (Phi) is 6.25. The van der Waals surface area contributed by atoms with Crippen molar-refractivity contribution in [3.63, 3.8) is 0 Å². The number of amides is 1. The molecule has 0 unspecified atom stereocenters. The number of halogens is 2. The van der Waals surface area contributed by atoms with Gasteiger partial charge in [-0.1, -0.05) is 23.2 Å². The molecule has 100 valence electrons. The van der Waals surface area contributed by atoms with E-state index < -0.39 is 0 Å². The fraction of sp³-hybridized carbons (Fsp3) is 0.417. The lowest BCUT2D eigenvalue weighted by atomic mass is 10.3. The van der Waals surface area contributed by atoms with Crippen LogP contribution in [-0.2, 0) is 9.63 Å². The highest BCUT2D eigenvalue weighted by Gasteiger charge is 2.08. The van der Waals surface area contributed by atoms with Gasteiger partial charge in [0.25, 0.3) is 0 Å². The van der Waals surface area contributed by atoms with Crippen LogP contribution in [0.15, 0.2) is 18.2 Å². The number of nitrogens with zero attached hydrogens (tertiary/aromatic N) is 1. The highest BCUT2D eigenvalue weighted by molar-refractivity contribution is 6.35. The molecule has 0 radical (unpaired) electrons. The third-order valence-electron chi connectivity index (χ3n) is 2.31. The second-order valence-corrected chi connectivity index (χ2v) is 4.44. The van der Waals surface area contributed by atoms with E-state index in [-0.39, 0.29) is 5.91 Å². The van der Waals surface area contributed by atoms with Gasteiger partial charge in [0.05, 0.1) is 18.7 Å². The van der Waals surface area contributed by atoms with Crippen LogP contribution >= 0.6 is 23.2 Å². The maximum atomic E-state index is 11.4. The molecular formula is C12H15Cl2NO3. The first-order valence-electron chi connectivity index (χ1n) is 5.43. The zero-order valence-electron chi connectivity index (χ0n) is 10.3. The molecule has 0 aliphatic heterocycles. The number of hydroxylamine groups is 2. The van der Waals surface area contributed by atoms with Crippen molar-refractivity contribution >= 4 is 29.1 Å². The Balaban J connectivity index is 2.32. The fourth-order valence-corrected chi connectivity index (χ4v) is 1.72. The highest BCUT2D eigenvalue weighted by Crippen LogP contribution is 2.27. The second-order valence-electron chi connectivity index (χ2n) is 3.60. The molecule has 6 heteroatoms. The Morgan fingerprint density at radius 3 is 2.72 bits per heavy atom. The van der Waals surface area contributed by atoms with Gasteiger partial charge in [-0.05, 0) is 24.6 Å². The largest absolute Gasteiger partial charge is 0.492 e. The van der Waals surface area contributed by atoms with E-state index in [0.29, 0.717) is 35.2 Å². The number of carbonyl (C=O) groups is 1. The summed E-state index contributed by atoms with van der Waals surface area (Å²) in [5, 5.41) is 2.21. The molecule has 4 nitrogen and oxygen atoms in total. The summed E-state index contributed by atoms with van der Waals surface area (Å²) in [6, 6.07) is 5.02. The quantitative estimate of drug-likeness (QED) is 0.597. The van der Waals surface area contributed by atoms with Crippen molar-refractivity contribution in [2.75, 3.05) is 20.8 Å². The predicted octanol–water partition coefficient (Wildman–Crippen LogP) is 3.17. The molecule has 0 aromatic heterocycles. The molecule has 1 aromatic carbocycles. The zero-order valence-corrected chi connectivity index (χ0v) is 11.8. The molecule has 0 fully saturated rings. The normalized spacial score (nSPS) is 10.2. The van der Waals surface area contributed by atoms with Crippen LogP contribution < -0.4 is 4.74 Å². The Morgan fingerprint density at radius 2 is 2.11 bits per heavy atom. The molecule has 0 spiro atoms. The van der Waals surface area contributed by atoms with Crippen LogP contribution in [0.2, 0.25) is 10.0 Å². The van der Waals surface area contributed by atoms with E-state index in [9.17, 15) is 4.79 Å². The van der Waals surface area contributed by atoms with Crippen molar-refractivity contribution in [1.29, 1.82) is 0 Å². The van der Waals surface area contributed by atoms with Gasteiger partial charge in [-0.25, -0.2) is 5.06 Å². The van der Waals surface area contributed by atoms with Gasteiger partial charge in [0.15, 0.2) is 0 Å². The Morgan fingerprint density at radius 1 is 1.39 bits per heavy atom. The first-order valence-corrected chi connectivity index (χ1v) is 6.18. The van der Waals surface area contributed by atoms with Crippen molar-refractivity contribution in [1.82, 2.24) is 5.06 Å². The van der Waals surface area contributed by atoms with Gasteiger partial charge in [0, 0.05) is 18.5 Å². The molecule has 0 saturated carbocycles. The number of hydrogen-bond donors (Lipinski definition) is 0. The summed E-state index contributed by atoms with van der Waals surface area (Å²) in [5.41, 5.74) is 0. The van der Waals surface area contributed by atoms with Crippen molar-refractivity contribution < 1.29 is 14.4 Å². The fourth-order valence-electron chi connectivity index (χ4n) is 1.26. The van der Waals surface area contributed by atoms with E-state index in [4.69, 9.17) is 32.8 Å². The molecule has 0 aliphatic carbocycles. The van der Waals surface area contributed by atoms with Gasteiger partial charge in [-0.2, -0.15) is 0 Å². The van der Waals surface area contributed by atoms with Gasteiger partial charge in [-0.15, -0.1) is 0 Å². The molecule has 0 saturated heterocycles. The lowest BCUT2D eigenvalue weighted by Crippen LogP contribution is -2.25. The van der Waals surface area contributed by atoms with Crippen LogP contribution in [0.4, 0.5) is 0 Å². The average Bonchev–Trinajstić information content (AvgIpc) is 2.35. The number of carbonyl (C=O) groups excluding carboxylic acids is 1. The lowest BCUT2D eigenvalue weighted by molar-refractivity contribution is -0.168. The van der Waals surface area contributed by atoms with Crippen molar-refractivity contribution in [2.45, 2.75) is 12.8 Å². The van der Waals surface area contributed by atoms with Crippen LogP contribution in [0.25, 0.3) is 0 Å². The van der Waals surface area contributed by atoms with E-state index in [0.717, 1.165) is 0 Å². The van der Waals surface area contributed by atoms with E-state index in [1.165, 1.54) is 12.2 Å². The zero-order chi connectivity index (χ0) is 13.5. The van der Waals surface area contributed by atoms with Crippen molar-refractivity contribution in [2.24, 2.45) is 0 Å². The lowest BCUT2D eigenvalue weighted by Gasteiger charge is -2.13. The summed E-state index contributed by atoms with van der Waals surface area (Å²) in [4.78, 5) is 16.2. The molecule has 0 aliphatic rings. The number of ether oxygens (including phenoxy) is 1. The molecule has 0 N–H and O–H groups in total. The van der Waals surface area contributed by atoms with Crippen LogP contribution in [-0.4, -0.2) is 31.7 Å². The number of hydrogen-bond acceptors (Lipinski definition) is 3. The van der Waals surface area contributed by atoms with E-state index >= 15 is 0 Å². The predicted molar refractivity (Wildman–Crippen MR) is 71.0 cm³/mol. The maximum Gasteiger partial charge on any atom is 0.245 e. The summed E-state index contributed by atoms with van der Waals surface area (Å²) >= 11 is 11.7. The minimum atomic E-state index is -0.0942. The molecular weight excluding hydrogens is 277 g/mol. The molecule has 18 heavy (non-hydrogen) atoms. The van der Waals surface area contributed by atoms with E-state index in [2.05, 4.69) is 0 Å². The smallest absolute Gasteiger partial charge is 0.245 e. The minimum Gasteiger partial charge on any atom is -0.492 e. The van der Waals surface area contributed by atoms with Gasteiger partial charge < -0.3 is 4.74 Å². The molecule has 0 bridgehead atoms. The van der Waals surface area contributed by atoms with Crippen LogP contribution in [0.5, 0.6) is 5.75 Å². The summed E-state index contributed by atoms with van der Waals surface area (Å²) in [7, 11) is 3.02. The number of rotatable bonds is 6. The SMILES string of the molecule is CON(C)C(=O)CCCOc1ccc(Cl)cc1Cl. The van der Waals surface area contributed by atoms with Gasteiger partial charge in [0.2, 0.25) is 5.91 Å². The first-order chi connectivity index (χ1) is 8.54. The monoisotopic (exact) mass is 291 g/mol. The first kappa shape index (κ1) is 15.1. The van der Waals surface area contributed by atoms with E-state index in [1.807, 2.05) is 0 Å². The van der Waals surface area contributed by atoms with E-state index in [1.54, 1.807) is 25.2 Å². The Bertz CT molecular complexity index is 412. The maximum absolute atomic E-state index is 11.4. The van der Waals surface area contributed by atoms with Gasteiger partial charge in [0.1, 0.15) is 5.75 Å². The highest BCUT2D eigenvalue weighted by atomic mass is 35.5. The summed E-state index contributed by atoms with van der Waals surface area (Å²) in [5.74, 6) is 0.469. The standard InChI is InChI=1S/C12H15Cl2NO3/c1-15(17-2)12(16)4-3-7-18-11-6-5-9(13)8-10(11)14/h5-6,8H,3-4,7H2,1-2H3. The molecule has 1 amide bonds. The number of benzene rings is 1. The molecule has 0 atom stereocenters. The third kappa shape index (κ3) is 4.72.